The fourth-order valence-corrected chi connectivity index (χ4v) is 3.04. The molecule has 22 heavy (non-hydrogen) atoms. The van der Waals surface area contributed by atoms with Crippen LogP contribution in [0.1, 0.15) is 22.2 Å². The predicted molar refractivity (Wildman–Crippen MR) is 87.7 cm³/mol. The molecule has 0 amide bonds. The van der Waals surface area contributed by atoms with Crippen LogP contribution in [0.4, 0.5) is 0 Å². The first-order valence-electron chi connectivity index (χ1n) is 7.30. The molecule has 0 aliphatic heterocycles. The molecule has 1 heterocycles. The highest BCUT2D eigenvalue weighted by molar-refractivity contribution is 7.09. The SMILES string of the molecule is CC(=O)c1ccc(OC[C@@H](O)C[NH+](C)Cc2cccs2)cc1. The summed E-state index contributed by atoms with van der Waals surface area (Å²) in [4.78, 5) is 13.7. The Labute approximate surface area is 135 Å². The standard InChI is InChI=1S/C17H21NO3S/c1-13(19)14-5-7-16(8-6-14)21-12-15(20)10-18(2)11-17-4-3-9-22-17/h3-9,15,20H,10-12H2,1-2H3/p+1/t15-/m0/s1. The molecule has 0 radical (unpaired) electrons. The van der Waals surface area contributed by atoms with E-state index in [0.29, 0.717) is 17.9 Å². The van der Waals surface area contributed by atoms with Gasteiger partial charge in [-0.15, -0.1) is 11.3 Å². The van der Waals surface area contributed by atoms with Crippen molar-refractivity contribution in [2.45, 2.75) is 19.6 Å². The quantitative estimate of drug-likeness (QED) is 0.723. The average Bonchev–Trinajstić information content (AvgIpc) is 2.98. The number of quaternary nitrogens is 1. The number of rotatable bonds is 8. The van der Waals surface area contributed by atoms with E-state index in [9.17, 15) is 9.90 Å². The Morgan fingerprint density at radius 1 is 1.32 bits per heavy atom. The number of aliphatic hydroxyl groups excluding tert-OH is 1. The first-order chi connectivity index (χ1) is 10.5. The van der Waals surface area contributed by atoms with Crippen LogP contribution in [0, 0.1) is 0 Å². The molecular weight excluding hydrogens is 298 g/mol. The van der Waals surface area contributed by atoms with Crippen molar-refractivity contribution in [3.8, 4) is 5.75 Å². The number of aliphatic hydroxyl groups is 1. The first-order valence-corrected chi connectivity index (χ1v) is 8.18. The fourth-order valence-electron chi connectivity index (χ4n) is 2.22. The molecule has 0 saturated carbocycles. The number of nitrogens with one attached hydrogen (secondary N) is 1. The fraction of sp³-hybridized carbons (Fsp3) is 0.353. The summed E-state index contributed by atoms with van der Waals surface area (Å²) in [7, 11) is 2.06. The van der Waals surface area contributed by atoms with Gasteiger partial charge in [-0.3, -0.25) is 4.79 Å². The van der Waals surface area contributed by atoms with E-state index < -0.39 is 6.10 Å². The van der Waals surface area contributed by atoms with Gasteiger partial charge < -0.3 is 14.7 Å². The van der Waals surface area contributed by atoms with E-state index in [1.165, 1.54) is 16.7 Å². The van der Waals surface area contributed by atoms with Gasteiger partial charge in [-0.2, -0.15) is 0 Å². The Kier molecular flexibility index (Phi) is 6.12. The van der Waals surface area contributed by atoms with Crippen LogP contribution in [0.5, 0.6) is 5.75 Å². The average molecular weight is 320 g/mol. The molecule has 0 spiro atoms. The molecule has 0 aliphatic carbocycles. The van der Waals surface area contributed by atoms with Crippen LogP contribution in [-0.2, 0) is 6.54 Å². The summed E-state index contributed by atoms with van der Waals surface area (Å²) < 4.78 is 5.57. The molecule has 4 nitrogen and oxygen atoms in total. The van der Waals surface area contributed by atoms with E-state index in [1.807, 2.05) is 6.07 Å². The molecule has 0 bridgehead atoms. The molecule has 5 heteroatoms. The second kappa shape index (κ2) is 8.08. The summed E-state index contributed by atoms with van der Waals surface area (Å²) in [5.74, 6) is 0.699. The van der Waals surface area contributed by atoms with Crippen molar-refractivity contribution in [2.24, 2.45) is 0 Å². The van der Waals surface area contributed by atoms with Gasteiger partial charge in [-0.1, -0.05) is 6.07 Å². The van der Waals surface area contributed by atoms with Crippen molar-refractivity contribution < 1.29 is 19.5 Å². The van der Waals surface area contributed by atoms with Crippen LogP contribution < -0.4 is 9.64 Å². The number of likely N-dealkylation sites (N-methyl/N-ethyl adjacent to an activating group) is 1. The van der Waals surface area contributed by atoms with Crippen molar-refractivity contribution in [3.05, 3.63) is 52.2 Å². The summed E-state index contributed by atoms with van der Waals surface area (Å²) in [6, 6.07) is 11.1. The normalized spacial score (nSPS) is 13.6. The molecule has 118 valence electrons. The molecule has 2 aromatic rings. The third kappa shape index (κ3) is 5.26. The Morgan fingerprint density at radius 2 is 2.05 bits per heavy atom. The lowest BCUT2D eigenvalue weighted by Crippen LogP contribution is -3.08. The van der Waals surface area contributed by atoms with E-state index in [0.717, 1.165) is 6.54 Å². The minimum absolute atomic E-state index is 0.0328. The Hall–Kier alpha value is -1.69. The molecule has 0 saturated heterocycles. The van der Waals surface area contributed by atoms with Crippen LogP contribution in [0.2, 0.25) is 0 Å². The zero-order valence-electron chi connectivity index (χ0n) is 12.9. The molecule has 2 rings (SSSR count). The van der Waals surface area contributed by atoms with E-state index in [2.05, 4.69) is 18.5 Å². The van der Waals surface area contributed by atoms with Crippen molar-refractivity contribution >= 4 is 17.1 Å². The highest BCUT2D eigenvalue weighted by Gasteiger charge is 2.13. The van der Waals surface area contributed by atoms with Gasteiger partial charge in [0.15, 0.2) is 5.78 Å². The van der Waals surface area contributed by atoms with Crippen LogP contribution in [-0.4, -0.2) is 37.2 Å². The zero-order chi connectivity index (χ0) is 15.9. The van der Waals surface area contributed by atoms with Gasteiger partial charge in [0.25, 0.3) is 0 Å². The molecule has 1 aromatic carbocycles. The summed E-state index contributed by atoms with van der Waals surface area (Å²) >= 11 is 1.73. The Bertz CT molecular complexity index is 580. The van der Waals surface area contributed by atoms with E-state index in [1.54, 1.807) is 35.6 Å². The highest BCUT2D eigenvalue weighted by Crippen LogP contribution is 2.12. The van der Waals surface area contributed by atoms with Gasteiger partial charge >= 0.3 is 0 Å². The molecule has 1 unspecified atom stereocenters. The maximum absolute atomic E-state index is 11.2. The molecular formula is C17H22NO3S+. The van der Waals surface area contributed by atoms with Gasteiger partial charge in [-0.25, -0.2) is 0 Å². The van der Waals surface area contributed by atoms with Crippen LogP contribution in [0.15, 0.2) is 41.8 Å². The first kappa shape index (κ1) is 16.7. The number of hydrogen-bond donors (Lipinski definition) is 2. The minimum Gasteiger partial charge on any atom is -0.491 e. The van der Waals surface area contributed by atoms with E-state index in [4.69, 9.17) is 4.74 Å². The number of ketones is 1. The predicted octanol–water partition coefficient (Wildman–Crippen LogP) is 1.41. The number of carbonyl (C=O) groups excluding carboxylic acids is 1. The molecule has 0 fully saturated rings. The second-order valence-corrected chi connectivity index (χ2v) is 6.50. The topological polar surface area (TPSA) is 51.0 Å². The third-order valence-electron chi connectivity index (χ3n) is 3.34. The third-order valence-corrected chi connectivity index (χ3v) is 4.22. The lowest BCUT2D eigenvalue weighted by atomic mass is 10.1. The van der Waals surface area contributed by atoms with Gasteiger partial charge in [0.05, 0.1) is 11.9 Å². The largest absolute Gasteiger partial charge is 0.491 e. The number of thiophene rings is 1. The zero-order valence-corrected chi connectivity index (χ0v) is 13.7. The Morgan fingerprint density at radius 3 is 2.64 bits per heavy atom. The van der Waals surface area contributed by atoms with Crippen molar-refractivity contribution in [1.29, 1.82) is 0 Å². The van der Waals surface area contributed by atoms with E-state index >= 15 is 0 Å². The number of carbonyl (C=O) groups is 1. The van der Waals surface area contributed by atoms with Gasteiger partial charge in [0.2, 0.25) is 0 Å². The number of benzene rings is 1. The summed E-state index contributed by atoms with van der Waals surface area (Å²) in [5, 5.41) is 12.1. The molecule has 0 aliphatic rings. The van der Waals surface area contributed by atoms with Gasteiger partial charge in [-0.05, 0) is 42.6 Å². The van der Waals surface area contributed by atoms with Crippen LogP contribution in [0.25, 0.3) is 0 Å². The summed E-state index contributed by atoms with van der Waals surface area (Å²) in [6.07, 6.45) is -0.521. The number of Topliss-reactive ketones (excluding diaryl/α,β-unsaturated/α-hetero) is 1. The lowest BCUT2D eigenvalue weighted by Gasteiger charge is -2.18. The second-order valence-electron chi connectivity index (χ2n) is 5.46. The monoisotopic (exact) mass is 320 g/mol. The van der Waals surface area contributed by atoms with Crippen molar-refractivity contribution in [3.63, 3.8) is 0 Å². The highest BCUT2D eigenvalue weighted by atomic mass is 32.1. The van der Waals surface area contributed by atoms with Crippen molar-refractivity contribution in [2.75, 3.05) is 20.2 Å². The van der Waals surface area contributed by atoms with Crippen LogP contribution >= 0.6 is 11.3 Å². The minimum atomic E-state index is -0.521. The summed E-state index contributed by atoms with van der Waals surface area (Å²) in [6.45, 7) is 3.32. The molecule has 2 atom stereocenters. The summed E-state index contributed by atoms with van der Waals surface area (Å²) in [5.41, 5.74) is 0.660. The Balaban J connectivity index is 1.74. The van der Waals surface area contributed by atoms with Crippen molar-refractivity contribution in [1.82, 2.24) is 0 Å². The van der Waals surface area contributed by atoms with E-state index in [-0.39, 0.29) is 12.4 Å². The van der Waals surface area contributed by atoms with Gasteiger partial charge in [0, 0.05) is 5.56 Å². The van der Waals surface area contributed by atoms with Gasteiger partial charge in [0.1, 0.15) is 31.5 Å². The smallest absolute Gasteiger partial charge is 0.159 e. The van der Waals surface area contributed by atoms with Crippen LogP contribution in [0.3, 0.4) is 0 Å². The maximum atomic E-state index is 11.2. The number of ether oxygens (including phenoxy) is 1. The molecule has 2 N–H and O–H groups in total. The lowest BCUT2D eigenvalue weighted by molar-refractivity contribution is -0.896. The molecule has 1 aromatic heterocycles. The maximum Gasteiger partial charge on any atom is 0.159 e. The number of hydrogen-bond acceptors (Lipinski definition) is 4.